The first kappa shape index (κ1) is 15.8. The fourth-order valence-corrected chi connectivity index (χ4v) is 3.36. The number of para-hydroxylation sites is 1. The summed E-state index contributed by atoms with van der Waals surface area (Å²) in [6, 6.07) is 9.53. The summed E-state index contributed by atoms with van der Waals surface area (Å²) in [6.45, 7) is 2.60. The van der Waals surface area contributed by atoms with E-state index in [0.717, 1.165) is 16.1 Å². The highest BCUT2D eigenvalue weighted by Gasteiger charge is 2.22. The lowest BCUT2D eigenvalue weighted by Crippen LogP contribution is -2.32. The molecule has 3 N–H and O–H groups in total. The average Bonchev–Trinajstić information content (AvgIpc) is 3.08. The van der Waals surface area contributed by atoms with Gasteiger partial charge in [0.1, 0.15) is 5.75 Å². The number of ether oxygens (including phenoxy) is 1. The summed E-state index contributed by atoms with van der Waals surface area (Å²) in [5.74, 6) is 0.560. The summed E-state index contributed by atoms with van der Waals surface area (Å²) >= 11 is 1.62. The molecule has 0 saturated carbocycles. The Hall–Kier alpha value is -2.05. The fourth-order valence-electron chi connectivity index (χ4n) is 2.62. The standard InChI is InChI=1S/C17H20N2O3S/c1-11(15-6-3-9-23-15)19-16(21)10-18-13-5-2-4-12-14(20)7-8-22-17(12)13/h2-6,9,11,14,18,20H,7-8,10H2,1H3,(H,19,21). The van der Waals surface area contributed by atoms with Gasteiger partial charge >= 0.3 is 0 Å². The van der Waals surface area contributed by atoms with E-state index >= 15 is 0 Å². The van der Waals surface area contributed by atoms with Crippen LogP contribution < -0.4 is 15.4 Å². The van der Waals surface area contributed by atoms with Crippen molar-refractivity contribution in [2.45, 2.75) is 25.5 Å². The van der Waals surface area contributed by atoms with E-state index in [2.05, 4.69) is 10.6 Å². The van der Waals surface area contributed by atoms with E-state index in [9.17, 15) is 9.90 Å². The minimum atomic E-state index is -0.506. The zero-order chi connectivity index (χ0) is 16.2. The summed E-state index contributed by atoms with van der Waals surface area (Å²) in [7, 11) is 0. The number of aliphatic hydroxyl groups excluding tert-OH is 1. The van der Waals surface area contributed by atoms with Gasteiger partial charge in [0, 0.05) is 16.9 Å². The molecule has 1 aromatic carbocycles. The van der Waals surface area contributed by atoms with E-state index in [1.807, 2.05) is 42.6 Å². The molecule has 3 rings (SSSR count). The lowest BCUT2D eigenvalue weighted by atomic mass is 10.0. The van der Waals surface area contributed by atoms with Crippen molar-refractivity contribution in [3.05, 3.63) is 46.2 Å². The third kappa shape index (κ3) is 3.65. The maximum atomic E-state index is 12.1. The lowest BCUT2D eigenvalue weighted by molar-refractivity contribution is -0.120. The molecule has 2 heterocycles. The zero-order valence-electron chi connectivity index (χ0n) is 12.9. The first-order chi connectivity index (χ1) is 11.1. The summed E-state index contributed by atoms with van der Waals surface area (Å²) < 4.78 is 5.64. The molecule has 2 atom stereocenters. The van der Waals surface area contributed by atoms with Crippen LogP contribution in [0.5, 0.6) is 5.75 Å². The van der Waals surface area contributed by atoms with Crippen molar-refractivity contribution in [3.63, 3.8) is 0 Å². The summed E-state index contributed by atoms with van der Waals surface area (Å²) in [5, 5.41) is 18.1. The Morgan fingerprint density at radius 1 is 1.43 bits per heavy atom. The number of hydrogen-bond acceptors (Lipinski definition) is 5. The molecule has 1 aromatic heterocycles. The minimum Gasteiger partial charge on any atom is -0.491 e. The predicted octanol–water partition coefficient (Wildman–Crippen LogP) is 2.85. The molecule has 5 nitrogen and oxygen atoms in total. The Labute approximate surface area is 139 Å². The number of thiophene rings is 1. The molecule has 2 unspecified atom stereocenters. The molecule has 1 aliphatic heterocycles. The first-order valence-electron chi connectivity index (χ1n) is 7.65. The van der Waals surface area contributed by atoms with Crippen LogP contribution >= 0.6 is 11.3 Å². The van der Waals surface area contributed by atoms with Gasteiger partial charge in [-0.2, -0.15) is 0 Å². The van der Waals surface area contributed by atoms with Crippen molar-refractivity contribution in [1.82, 2.24) is 5.32 Å². The van der Waals surface area contributed by atoms with Gasteiger partial charge in [0.05, 0.1) is 31.0 Å². The second-order valence-corrected chi connectivity index (χ2v) is 6.51. The monoisotopic (exact) mass is 332 g/mol. The number of aliphatic hydroxyl groups is 1. The lowest BCUT2D eigenvalue weighted by Gasteiger charge is -2.24. The molecule has 0 fully saturated rings. The van der Waals surface area contributed by atoms with Crippen LogP contribution in [0, 0.1) is 0 Å². The Balaban J connectivity index is 1.60. The number of carbonyl (C=O) groups is 1. The number of amides is 1. The van der Waals surface area contributed by atoms with Gasteiger partial charge in [-0.3, -0.25) is 4.79 Å². The normalized spacial score (nSPS) is 17.7. The van der Waals surface area contributed by atoms with Crippen molar-refractivity contribution < 1.29 is 14.6 Å². The van der Waals surface area contributed by atoms with Crippen molar-refractivity contribution in [1.29, 1.82) is 0 Å². The highest BCUT2D eigenvalue weighted by Crippen LogP contribution is 2.37. The van der Waals surface area contributed by atoms with Crippen LogP contribution in [0.15, 0.2) is 35.7 Å². The SMILES string of the molecule is CC(NC(=O)CNc1cccc2c1OCCC2O)c1cccs1. The molecule has 6 heteroatoms. The van der Waals surface area contributed by atoms with Crippen molar-refractivity contribution in [3.8, 4) is 5.75 Å². The number of nitrogens with one attached hydrogen (secondary N) is 2. The Morgan fingerprint density at radius 2 is 2.30 bits per heavy atom. The number of fused-ring (bicyclic) bond motifs is 1. The zero-order valence-corrected chi connectivity index (χ0v) is 13.7. The molecule has 1 amide bonds. The van der Waals surface area contributed by atoms with Gasteiger partial charge in [-0.1, -0.05) is 18.2 Å². The van der Waals surface area contributed by atoms with Crippen molar-refractivity contribution in [2.75, 3.05) is 18.5 Å². The quantitative estimate of drug-likeness (QED) is 0.787. The van der Waals surface area contributed by atoms with Crippen LogP contribution in [-0.2, 0) is 4.79 Å². The van der Waals surface area contributed by atoms with Crippen LogP contribution in [0.25, 0.3) is 0 Å². The molecule has 0 saturated heterocycles. The topological polar surface area (TPSA) is 70.6 Å². The number of carbonyl (C=O) groups excluding carboxylic acids is 1. The van der Waals surface area contributed by atoms with Crippen molar-refractivity contribution in [2.24, 2.45) is 0 Å². The van der Waals surface area contributed by atoms with Gasteiger partial charge in [-0.15, -0.1) is 11.3 Å². The van der Waals surface area contributed by atoms with Gasteiger partial charge in [-0.05, 0) is 24.4 Å². The average molecular weight is 332 g/mol. The van der Waals surface area contributed by atoms with E-state index in [4.69, 9.17) is 4.74 Å². The molecule has 122 valence electrons. The smallest absolute Gasteiger partial charge is 0.239 e. The number of anilines is 1. The van der Waals surface area contributed by atoms with E-state index in [0.29, 0.717) is 18.8 Å². The largest absolute Gasteiger partial charge is 0.491 e. The van der Waals surface area contributed by atoms with Crippen LogP contribution in [-0.4, -0.2) is 24.2 Å². The Morgan fingerprint density at radius 3 is 3.09 bits per heavy atom. The Bertz CT molecular complexity index is 672. The third-order valence-electron chi connectivity index (χ3n) is 3.83. The van der Waals surface area contributed by atoms with Crippen LogP contribution in [0.4, 0.5) is 5.69 Å². The maximum absolute atomic E-state index is 12.1. The number of rotatable bonds is 5. The summed E-state index contributed by atoms with van der Waals surface area (Å²) in [4.78, 5) is 13.2. The summed E-state index contributed by atoms with van der Waals surface area (Å²) in [5.41, 5.74) is 1.51. The van der Waals surface area contributed by atoms with E-state index in [1.54, 1.807) is 11.3 Å². The number of benzene rings is 1. The Kier molecular flexibility index (Phi) is 4.83. The summed E-state index contributed by atoms with van der Waals surface area (Å²) in [6.07, 6.45) is 0.0862. The number of hydrogen-bond donors (Lipinski definition) is 3. The van der Waals surface area contributed by atoms with E-state index < -0.39 is 6.10 Å². The highest BCUT2D eigenvalue weighted by atomic mass is 32.1. The van der Waals surface area contributed by atoms with Gasteiger partial charge < -0.3 is 20.5 Å². The molecular weight excluding hydrogens is 312 g/mol. The molecule has 23 heavy (non-hydrogen) atoms. The third-order valence-corrected chi connectivity index (χ3v) is 4.88. The second kappa shape index (κ2) is 7.02. The second-order valence-electron chi connectivity index (χ2n) is 5.54. The molecule has 0 spiro atoms. The van der Waals surface area contributed by atoms with Gasteiger partial charge in [-0.25, -0.2) is 0 Å². The fraction of sp³-hybridized carbons (Fsp3) is 0.353. The van der Waals surface area contributed by atoms with Gasteiger partial charge in [0.2, 0.25) is 5.91 Å². The van der Waals surface area contributed by atoms with Gasteiger partial charge in [0.25, 0.3) is 0 Å². The van der Waals surface area contributed by atoms with Crippen LogP contribution in [0.3, 0.4) is 0 Å². The molecule has 0 aliphatic carbocycles. The highest BCUT2D eigenvalue weighted by molar-refractivity contribution is 7.10. The molecule has 0 radical (unpaired) electrons. The predicted molar refractivity (Wildman–Crippen MR) is 90.9 cm³/mol. The van der Waals surface area contributed by atoms with E-state index in [-0.39, 0.29) is 18.5 Å². The van der Waals surface area contributed by atoms with Crippen LogP contribution in [0.2, 0.25) is 0 Å². The first-order valence-corrected chi connectivity index (χ1v) is 8.53. The maximum Gasteiger partial charge on any atom is 0.239 e. The van der Waals surface area contributed by atoms with Crippen molar-refractivity contribution >= 4 is 22.9 Å². The molecular formula is C17H20N2O3S. The van der Waals surface area contributed by atoms with E-state index in [1.165, 1.54) is 0 Å². The van der Waals surface area contributed by atoms with Crippen LogP contribution in [0.1, 0.15) is 35.9 Å². The van der Waals surface area contributed by atoms with Gasteiger partial charge in [0.15, 0.2) is 0 Å². The molecule has 1 aliphatic rings. The molecule has 2 aromatic rings. The minimum absolute atomic E-state index is 0.00735. The molecule has 0 bridgehead atoms.